The fraction of sp³-hybridized carbons (Fsp3) is 0.433. The van der Waals surface area contributed by atoms with Gasteiger partial charge in [0.2, 0.25) is 5.91 Å². The van der Waals surface area contributed by atoms with Crippen molar-refractivity contribution in [2.24, 2.45) is 29.4 Å². The first-order chi connectivity index (χ1) is 19.3. The number of rotatable bonds is 6. The van der Waals surface area contributed by atoms with Crippen LogP contribution >= 0.6 is 0 Å². The molecule has 2 aromatic rings. The molecule has 0 bridgehead atoms. The average molecular weight is 566 g/mol. The van der Waals surface area contributed by atoms with Crippen molar-refractivity contribution in [3.8, 4) is 16.9 Å². The average Bonchev–Trinajstić information content (AvgIpc) is 2.91. The molecule has 1 amide bonds. The third-order valence-corrected chi connectivity index (χ3v) is 8.79. The Bertz CT molecular complexity index is 1470. The van der Waals surface area contributed by atoms with Crippen LogP contribution in [0.25, 0.3) is 11.1 Å². The molecule has 0 radical (unpaired) electrons. The number of phenolic OH excluding ortho intramolecular Hbond substituents is 1. The highest BCUT2D eigenvalue weighted by Crippen LogP contribution is 2.51. The predicted molar refractivity (Wildman–Crippen MR) is 146 cm³/mol. The minimum Gasteiger partial charge on any atom is -0.507 e. The lowest BCUT2D eigenvalue weighted by Crippen LogP contribution is -2.74. The number of benzene rings is 2. The number of carbonyl (C=O) groups is 5. The highest BCUT2D eigenvalue weighted by molar-refractivity contribution is 6.32. The van der Waals surface area contributed by atoms with E-state index < -0.39 is 71.0 Å². The van der Waals surface area contributed by atoms with Crippen molar-refractivity contribution in [2.45, 2.75) is 37.5 Å². The zero-order valence-corrected chi connectivity index (χ0v) is 22.9. The summed E-state index contributed by atoms with van der Waals surface area (Å²) < 4.78 is 12.9. The van der Waals surface area contributed by atoms with Crippen LogP contribution < -0.4 is 11.1 Å². The van der Waals surface area contributed by atoms with Gasteiger partial charge in [0, 0.05) is 11.6 Å². The van der Waals surface area contributed by atoms with E-state index in [2.05, 4.69) is 5.32 Å². The van der Waals surface area contributed by atoms with Crippen LogP contribution in [0.5, 0.6) is 5.75 Å². The second-order valence-electron chi connectivity index (χ2n) is 11.6. The molecular formula is C30H32FN3O7. The van der Waals surface area contributed by atoms with Crippen molar-refractivity contribution in [3.05, 3.63) is 47.5 Å². The summed E-state index contributed by atoms with van der Waals surface area (Å²) in [7, 11) is 3.08. The Morgan fingerprint density at radius 1 is 1.12 bits per heavy atom. The van der Waals surface area contributed by atoms with E-state index in [0.29, 0.717) is 16.8 Å². The molecular weight excluding hydrogens is 533 g/mol. The molecule has 2 fully saturated rings. The molecule has 216 valence electrons. The lowest BCUT2D eigenvalue weighted by atomic mass is 9.52. The van der Waals surface area contributed by atoms with Gasteiger partial charge in [-0.1, -0.05) is 18.2 Å². The third kappa shape index (κ3) is 4.26. The van der Waals surface area contributed by atoms with Gasteiger partial charge in [-0.3, -0.25) is 28.9 Å². The first kappa shape index (κ1) is 28.6. The van der Waals surface area contributed by atoms with Gasteiger partial charge in [-0.15, -0.1) is 0 Å². The van der Waals surface area contributed by atoms with Crippen molar-refractivity contribution in [2.75, 3.05) is 26.1 Å². The Hall–Kier alpha value is -3.96. The lowest BCUT2D eigenvalue weighted by Gasteiger charge is -2.52. The number of likely N-dealkylation sites (N-methyl/N-ethyl adjacent to an activating group) is 1. The van der Waals surface area contributed by atoms with Gasteiger partial charge in [-0.2, -0.15) is 0 Å². The number of nitrogens with zero attached hydrogens (tertiary/aromatic N) is 1. The third-order valence-electron chi connectivity index (χ3n) is 8.79. The molecule has 0 aliphatic heterocycles. The van der Waals surface area contributed by atoms with Crippen LogP contribution in [0.15, 0.2) is 36.4 Å². The van der Waals surface area contributed by atoms with E-state index in [-0.39, 0.29) is 30.2 Å². The van der Waals surface area contributed by atoms with E-state index in [4.69, 9.17) is 5.73 Å². The molecule has 41 heavy (non-hydrogen) atoms. The van der Waals surface area contributed by atoms with Gasteiger partial charge >= 0.3 is 0 Å². The Balaban J connectivity index is 1.58. The summed E-state index contributed by atoms with van der Waals surface area (Å²) in [6.45, 7) is 1.17. The molecule has 4 unspecified atom stereocenters. The summed E-state index contributed by atoms with van der Waals surface area (Å²) >= 11 is 0. The zero-order valence-electron chi connectivity index (χ0n) is 22.9. The maximum absolute atomic E-state index is 13.9. The first-order valence-electron chi connectivity index (χ1n) is 13.4. The highest BCUT2D eigenvalue weighted by Gasteiger charge is 2.69. The number of halogens is 1. The highest BCUT2D eigenvalue weighted by atomic mass is 19.1. The summed E-state index contributed by atoms with van der Waals surface area (Å²) in [5.74, 6) is -10.8. The largest absolute Gasteiger partial charge is 0.507 e. The SMILES string of the molecule is CC(CF)Nc1ccc(-c2ccc(O)c3c2C[C@@H]2C[C@@H]4C(N(C)C)C(=O)C(C(N)=O)C(=O)[C@]4(O)C(=O)C2C3=O)cc1. The standard InChI is InChI=1S/C30H32FN3O7/c1-13(12-31)33-16-6-4-14(5-7-16)17-8-9-20(35)22-18(17)10-15-11-19-24(34(2)3)26(37)23(29(32)40)28(39)30(19,41)27(38)21(15)25(22)36/h4-9,13,15,19,21,23-24,33,35,41H,10-12H2,1-3H3,(H2,32,40)/t13?,15-,19-,21?,23?,24?,30-/m1/s1. The Morgan fingerprint density at radius 3 is 2.37 bits per heavy atom. The van der Waals surface area contributed by atoms with Crippen LogP contribution in [-0.2, 0) is 25.6 Å². The Labute approximate surface area is 235 Å². The van der Waals surface area contributed by atoms with Crippen LogP contribution in [0.3, 0.4) is 0 Å². The number of nitrogens with two attached hydrogens (primary N) is 1. The maximum Gasteiger partial charge on any atom is 0.235 e. The van der Waals surface area contributed by atoms with E-state index in [1.807, 2.05) is 0 Å². The van der Waals surface area contributed by atoms with E-state index >= 15 is 0 Å². The van der Waals surface area contributed by atoms with Gasteiger partial charge < -0.3 is 21.3 Å². The number of aromatic hydroxyl groups is 1. The molecule has 5 rings (SSSR count). The zero-order chi connectivity index (χ0) is 30.0. The molecule has 7 atom stereocenters. The minimum absolute atomic E-state index is 0.0248. The van der Waals surface area contributed by atoms with Gasteiger partial charge in [0.25, 0.3) is 0 Å². The second kappa shape index (κ2) is 10.1. The number of aliphatic hydroxyl groups is 1. The van der Waals surface area contributed by atoms with Gasteiger partial charge in [-0.05, 0) is 74.7 Å². The summed E-state index contributed by atoms with van der Waals surface area (Å²) in [4.78, 5) is 67.9. The number of alkyl halides is 1. The van der Waals surface area contributed by atoms with E-state index in [1.54, 1.807) is 37.3 Å². The molecule has 0 spiro atoms. The summed E-state index contributed by atoms with van der Waals surface area (Å²) in [5.41, 5.74) is 5.11. The maximum atomic E-state index is 13.9. The van der Waals surface area contributed by atoms with Crippen molar-refractivity contribution in [1.82, 2.24) is 4.90 Å². The van der Waals surface area contributed by atoms with Crippen molar-refractivity contribution < 1.29 is 38.6 Å². The predicted octanol–water partition coefficient (Wildman–Crippen LogP) is 1.30. The van der Waals surface area contributed by atoms with Gasteiger partial charge in [-0.25, -0.2) is 4.39 Å². The number of Topliss-reactive ketones (excluding diaryl/α,β-unsaturated/α-hetero) is 4. The summed E-state index contributed by atoms with van der Waals surface area (Å²) in [6, 6.07) is 8.63. The number of anilines is 1. The number of phenols is 1. The Morgan fingerprint density at radius 2 is 1.78 bits per heavy atom. The molecule has 11 heteroatoms. The molecule has 2 aromatic carbocycles. The second-order valence-corrected chi connectivity index (χ2v) is 11.6. The molecule has 3 aliphatic carbocycles. The van der Waals surface area contributed by atoms with E-state index in [9.17, 15) is 38.6 Å². The topological polar surface area (TPSA) is 167 Å². The van der Waals surface area contributed by atoms with Crippen LogP contribution in [0.4, 0.5) is 10.1 Å². The number of hydrogen-bond donors (Lipinski definition) is 4. The lowest BCUT2D eigenvalue weighted by molar-refractivity contribution is -0.181. The fourth-order valence-corrected chi connectivity index (χ4v) is 6.94. The molecule has 10 nitrogen and oxygen atoms in total. The van der Waals surface area contributed by atoms with Crippen molar-refractivity contribution in [3.63, 3.8) is 0 Å². The summed E-state index contributed by atoms with van der Waals surface area (Å²) in [5, 5.41) is 25.4. The van der Waals surface area contributed by atoms with Gasteiger partial charge in [0.05, 0.1) is 23.6 Å². The number of fused-ring (bicyclic) bond motifs is 3. The number of ketones is 4. The molecule has 0 saturated heterocycles. The molecule has 2 saturated carbocycles. The fourth-order valence-electron chi connectivity index (χ4n) is 6.94. The van der Waals surface area contributed by atoms with Crippen molar-refractivity contribution in [1.29, 1.82) is 0 Å². The quantitative estimate of drug-likeness (QED) is 0.378. The molecule has 0 aromatic heterocycles. The van der Waals surface area contributed by atoms with Crippen molar-refractivity contribution >= 4 is 34.7 Å². The number of hydrogen-bond acceptors (Lipinski definition) is 9. The number of carbonyl (C=O) groups excluding carboxylic acids is 5. The number of amides is 1. The normalized spacial score (nSPS) is 30.0. The summed E-state index contributed by atoms with van der Waals surface area (Å²) in [6.07, 6.45) is 0.136. The Kier molecular flexibility index (Phi) is 7.07. The van der Waals surface area contributed by atoms with E-state index in [0.717, 1.165) is 5.56 Å². The van der Waals surface area contributed by atoms with Gasteiger partial charge in [0.15, 0.2) is 34.7 Å². The smallest absolute Gasteiger partial charge is 0.235 e. The van der Waals surface area contributed by atoms with Crippen LogP contribution in [-0.4, -0.2) is 82.6 Å². The minimum atomic E-state index is -2.76. The molecule has 5 N–H and O–H groups in total. The number of nitrogens with one attached hydrogen (secondary N) is 1. The van der Waals surface area contributed by atoms with E-state index in [1.165, 1.54) is 25.1 Å². The number of primary amides is 1. The molecule has 3 aliphatic rings. The van der Waals surface area contributed by atoms with Crippen LogP contribution in [0, 0.1) is 23.7 Å². The monoisotopic (exact) mass is 565 g/mol. The van der Waals surface area contributed by atoms with Crippen LogP contribution in [0.1, 0.15) is 29.3 Å². The first-order valence-corrected chi connectivity index (χ1v) is 13.4. The molecule has 0 heterocycles. The van der Waals surface area contributed by atoms with Gasteiger partial charge in [0.1, 0.15) is 12.4 Å². The van der Waals surface area contributed by atoms with Crippen LogP contribution in [0.2, 0.25) is 0 Å².